The van der Waals surface area contributed by atoms with Gasteiger partial charge in [-0.25, -0.2) is 0 Å². The van der Waals surface area contributed by atoms with Crippen LogP contribution in [-0.4, -0.2) is 15.6 Å². The molecule has 1 heterocycles. The SMILES string of the molecule is CC(C)(C)C(=O)Cn1cc(-c2ccccc2)cn1. The van der Waals surface area contributed by atoms with Crippen molar-refractivity contribution in [3.63, 3.8) is 0 Å². The average molecular weight is 242 g/mol. The highest BCUT2D eigenvalue weighted by Gasteiger charge is 2.21. The predicted molar refractivity (Wildman–Crippen MR) is 72.1 cm³/mol. The predicted octanol–water partition coefficient (Wildman–Crippen LogP) is 3.17. The summed E-state index contributed by atoms with van der Waals surface area (Å²) in [5.41, 5.74) is 1.84. The van der Waals surface area contributed by atoms with E-state index in [1.807, 2.05) is 57.3 Å². The monoisotopic (exact) mass is 242 g/mol. The molecule has 0 aliphatic carbocycles. The van der Waals surface area contributed by atoms with Crippen molar-refractivity contribution in [1.29, 1.82) is 0 Å². The number of benzene rings is 1. The van der Waals surface area contributed by atoms with Gasteiger partial charge in [0.05, 0.1) is 6.20 Å². The van der Waals surface area contributed by atoms with E-state index in [1.54, 1.807) is 10.9 Å². The van der Waals surface area contributed by atoms with Crippen LogP contribution in [0.4, 0.5) is 0 Å². The van der Waals surface area contributed by atoms with E-state index in [-0.39, 0.29) is 11.2 Å². The molecule has 0 aliphatic heterocycles. The molecule has 18 heavy (non-hydrogen) atoms. The van der Waals surface area contributed by atoms with E-state index in [4.69, 9.17) is 0 Å². The van der Waals surface area contributed by atoms with E-state index in [0.717, 1.165) is 11.1 Å². The van der Waals surface area contributed by atoms with Crippen LogP contribution in [0.2, 0.25) is 0 Å². The minimum atomic E-state index is -0.321. The number of rotatable bonds is 3. The Balaban J connectivity index is 2.15. The maximum absolute atomic E-state index is 11.9. The van der Waals surface area contributed by atoms with Gasteiger partial charge in [0.1, 0.15) is 6.54 Å². The summed E-state index contributed by atoms with van der Waals surface area (Å²) < 4.78 is 1.70. The zero-order valence-electron chi connectivity index (χ0n) is 11.1. The molecule has 0 spiro atoms. The first kappa shape index (κ1) is 12.6. The lowest BCUT2D eigenvalue weighted by molar-refractivity contribution is -0.127. The van der Waals surface area contributed by atoms with Crippen molar-refractivity contribution in [1.82, 2.24) is 9.78 Å². The van der Waals surface area contributed by atoms with Crippen LogP contribution >= 0.6 is 0 Å². The van der Waals surface area contributed by atoms with Gasteiger partial charge in [0.15, 0.2) is 5.78 Å². The van der Waals surface area contributed by atoms with Crippen molar-refractivity contribution in [3.05, 3.63) is 42.7 Å². The van der Waals surface area contributed by atoms with Crippen molar-refractivity contribution in [2.45, 2.75) is 27.3 Å². The number of carbonyl (C=O) groups is 1. The molecule has 0 saturated carbocycles. The third kappa shape index (κ3) is 2.86. The molecule has 0 unspecified atom stereocenters. The second-order valence-electron chi connectivity index (χ2n) is 5.47. The lowest BCUT2D eigenvalue weighted by Crippen LogP contribution is -2.25. The lowest BCUT2D eigenvalue weighted by atomic mass is 9.91. The van der Waals surface area contributed by atoms with Gasteiger partial charge in [0.25, 0.3) is 0 Å². The van der Waals surface area contributed by atoms with Gasteiger partial charge in [0.2, 0.25) is 0 Å². The second kappa shape index (κ2) is 4.77. The standard InChI is InChI=1S/C15H18N2O/c1-15(2,3)14(18)11-17-10-13(9-16-17)12-7-5-4-6-8-12/h4-10H,11H2,1-3H3. The molecule has 0 fully saturated rings. The van der Waals surface area contributed by atoms with Gasteiger partial charge >= 0.3 is 0 Å². The first-order valence-electron chi connectivity index (χ1n) is 6.08. The van der Waals surface area contributed by atoms with Crippen molar-refractivity contribution in [2.24, 2.45) is 5.41 Å². The van der Waals surface area contributed by atoms with Gasteiger partial charge in [-0.15, -0.1) is 0 Å². The number of aromatic nitrogens is 2. The Hall–Kier alpha value is -1.90. The second-order valence-corrected chi connectivity index (χ2v) is 5.47. The van der Waals surface area contributed by atoms with Crippen LogP contribution in [0.3, 0.4) is 0 Å². The van der Waals surface area contributed by atoms with Crippen LogP contribution in [0.1, 0.15) is 20.8 Å². The molecule has 0 aliphatic rings. The number of Topliss-reactive ketones (excluding diaryl/α,β-unsaturated/α-hetero) is 1. The first-order valence-corrected chi connectivity index (χ1v) is 6.08. The third-order valence-electron chi connectivity index (χ3n) is 2.88. The summed E-state index contributed by atoms with van der Waals surface area (Å²) in [5.74, 6) is 0.185. The Morgan fingerprint density at radius 1 is 1.17 bits per heavy atom. The highest BCUT2D eigenvalue weighted by Crippen LogP contribution is 2.19. The zero-order valence-corrected chi connectivity index (χ0v) is 11.1. The number of hydrogen-bond donors (Lipinski definition) is 0. The minimum absolute atomic E-state index is 0.185. The van der Waals surface area contributed by atoms with Crippen LogP contribution in [0.5, 0.6) is 0 Å². The van der Waals surface area contributed by atoms with Crippen molar-refractivity contribution in [2.75, 3.05) is 0 Å². The number of hydrogen-bond acceptors (Lipinski definition) is 2. The summed E-state index contributed by atoms with van der Waals surface area (Å²) >= 11 is 0. The van der Waals surface area contributed by atoms with Gasteiger partial charge in [-0.1, -0.05) is 51.1 Å². The molecule has 0 atom stereocenters. The van der Waals surface area contributed by atoms with Crippen LogP contribution < -0.4 is 0 Å². The Bertz CT molecular complexity index is 535. The molecule has 2 aromatic rings. The largest absolute Gasteiger partial charge is 0.297 e. The zero-order chi connectivity index (χ0) is 13.2. The molecule has 2 rings (SSSR count). The third-order valence-corrected chi connectivity index (χ3v) is 2.88. The maximum atomic E-state index is 11.9. The van der Waals surface area contributed by atoms with Crippen LogP contribution in [0.25, 0.3) is 11.1 Å². The van der Waals surface area contributed by atoms with Crippen molar-refractivity contribution >= 4 is 5.78 Å². The fourth-order valence-corrected chi connectivity index (χ4v) is 1.61. The highest BCUT2D eigenvalue weighted by molar-refractivity contribution is 5.83. The molecule has 3 nitrogen and oxygen atoms in total. The number of ketones is 1. The highest BCUT2D eigenvalue weighted by atomic mass is 16.1. The fraction of sp³-hybridized carbons (Fsp3) is 0.333. The lowest BCUT2D eigenvalue weighted by Gasteiger charge is -2.16. The van der Waals surface area contributed by atoms with Crippen LogP contribution in [0, 0.1) is 5.41 Å². The molecule has 1 aromatic heterocycles. The summed E-state index contributed by atoms with van der Waals surface area (Å²) in [4.78, 5) is 11.9. The van der Waals surface area contributed by atoms with Crippen molar-refractivity contribution < 1.29 is 4.79 Å². The number of nitrogens with zero attached hydrogens (tertiary/aromatic N) is 2. The van der Waals surface area contributed by atoms with Crippen LogP contribution in [-0.2, 0) is 11.3 Å². The average Bonchev–Trinajstić information content (AvgIpc) is 2.77. The molecule has 0 N–H and O–H groups in total. The normalized spacial score (nSPS) is 11.5. The molecule has 0 bridgehead atoms. The summed E-state index contributed by atoms with van der Waals surface area (Å²) in [6.07, 6.45) is 3.71. The van der Waals surface area contributed by atoms with Gasteiger partial charge in [-0.3, -0.25) is 9.48 Å². The Morgan fingerprint density at radius 2 is 1.83 bits per heavy atom. The fourth-order valence-electron chi connectivity index (χ4n) is 1.61. The van der Waals surface area contributed by atoms with Gasteiger partial charge in [-0.05, 0) is 5.56 Å². The van der Waals surface area contributed by atoms with E-state index in [9.17, 15) is 4.79 Å². The molecular weight excluding hydrogens is 224 g/mol. The van der Waals surface area contributed by atoms with E-state index >= 15 is 0 Å². The summed E-state index contributed by atoms with van der Waals surface area (Å²) in [7, 11) is 0. The van der Waals surface area contributed by atoms with E-state index in [0.29, 0.717) is 6.54 Å². The van der Waals surface area contributed by atoms with E-state index < -0.39 is 0 Å². The summed E-state index contributed by atoms with van der Waals surface area (Å²) in [5, 5.41) is 4.24. The quantitative estimate of drug-likeness (QED) is 0.828. The Labute approximate surface area is 107 Å². The minimum Gasteiger partial charge on any atom is -0.297 e. The summed E-state index contributed by atoms with van der Waals surface area (Å²) in [6.45, 7) is 6.11. The van der Waals surface area contributed by atoms with E-state index in [2.05, 4.69) is 5.10 Å². The molecule has 0 saturated heterocycles. The Kier molecular flexibility index (Phi) is 3.32. The Morgan fingerprint density at radius 3 is 2.44 bits per heavy atom. The number of carbonyl (C=O) groups excluding carboxylic acids is 1. The molecule has 0 radical (unpaired) electrons. The van der Waals surface area contributed by atoms with Gasteiger partial charge in [-0.2, -0.15) is 5.10 Å². The maximum Gasteiger partial charge on any atom is 0.159 e. The molecule has 3 heteroatoms. The van der Waals surface area contributed by atoms with E-state index in [1.165, 1.54) is 0 Å². The van der Waals surface area contributed by atoms with Crippen molar-refractivity contribution in [3.8, 4) is 11.1 Å². The molecule has 94 valence electrons. The molecular formula is C15H18N2O. The molecule has 1 aromatic carbocycles. The van der Waals surface area contributed by atoms with Crippen LogP contribution in [0.15, 0.2) is 42.7 Å². The summed E-state index contributed by atoms with van der Waals surface area (Å²) in [6, 6.07) is 10.0. The smallest absolute Gasteiger partial charge is 0.159 e. The van der Waals surface area contributed by atoms with Gasteiger partial charge in [0, 0.05) is 17.2 Å². The first-order chi connectivity index (χ1) is 8.47. The molecule has 0 amide bonds. The van der Waals surface area contributed by atoms with Gasteiger partial charge < -0.3 is 0 Å². The topological polar surface area (TPSA) is 34.9 Å².